The maximum atomic E-state index is 6.07. The molecule has 1 N–H and O–H groups in total. The van der Waals surface area contributed by atoms with E-state index in [0.29, 0.717) is 6.04 Å². The summed E-state index contributed by atoms with van der Waals surface area (Å²) in [4.78, 5) is 1.13. The molecule has 82 valence electrons. The van der Waals surface area contributed by atoms with Crippen molar-refractivity contribution in [1.82, 2.24) is 5.32 Å². The minimum Gasteiger partial charge on any atom is -0.313 e. The summed E-state index contributed by atoms with van der Waals surface area (Å²) < 4.78 is 0. The molecule has 0 heterocycles. The van der Waals surface area contributed by atoms with E-state index in [-0.39, 0.29) is 0 Å². The normalized spacial score (nSPS) is 12.5. The van der Waals surface area contributed by atoms with Crippen molar-refractivity contribution in [3.63, 3.8) is 0 Å². The molecule has 1 aromatic carbocycles. The highest BCUT2D eigenvalue weighted by molar-refractivity contribution is 7.99. The largest absolute Gasteiger partial charge is 0.313 e. The standard InChI is InChI=1S/C12H16ClNS/c1-9(2)11(14-3)8-15-12-7-5-4-6-10(12)13/h4-7,11,14H,1,8H2,2-3H3. The van der Waals surface area contributed by atoms with Crippen LogP contribution in [0, 0.1) is 0 Å². The molecule has 0 amide bonds. The lowest BCUT2D eigenvalue weighted by Crippen LogP contribution is -2.28. The third-order valence-electron chi connectivity index (χ3n) is 2.19. The van der Waals surface area contributed by atoms with Crippen LogP contribution in [-0.4, -0.2) is 18.8 Å². The van der Waals surface area contributed by atoms with Crippen molar-refractivity contribution < 1.29 is 0 Å². The number of rotatable bonds is 5. The fourth-order valence-electron chi connectivity index (χ4n) is 1.21. The zero-order valence-corrected chi connectivity index (χ0v) is 10.7. The number of thioether (sulfide) groups is 1. The van der Waals surface area contributed by atoms with E-state index in [0.717, 1.165) is 21.2 Å². The van der Waals surface area contributed by atoms with Gasteiger partial charge in [-0.2, -0.15) is 0 Å². The second-order valence-corrected chi connectivity index (χ2v) is 4.90. The first-order valence-corrected chi connectivity index (χ1v) is 6.21. The van der Waals surface area contributed by atoms with E-state index in [2.05, 4.69) is 11.9 Å². The van der Waals surface area contributed by atoms with Gasteiger partial charge in [0.05, 0.1) is 5.02 Å². The van der Waals surface area contributed by atoms with Crippen molar-refractivity contribution in [2.24, 2.45) is 0 Å². The Morgan fingerprint density at radius 1 is 1.53 bits per heavy atom. The topological polar surface area (TPSA) is 12.0 Å². The van der Waals surface area contributed by atoms with Gasteiger partial charge in [0.15, 0.2) is 0 Å². The molecule has 0 spiro atoms. The Hall–Kier alpha value is -0.440. The van der Waals surface area contributed by atoms with Crippen LogP contribution < -0.4 is 5.32 Å². The van der Waals surface area contributed by atoms with E-state index in [1.165, 1.54) is 0 Å². The van der Waals surface area contributed by atoms with Crippen molar-refractivity contribution in [3.05, 3.63) is 41.4 Å². The van der Waals surface area contributed by atoms with Gasteiger partial charge in [0.25, 0.3) is 0 Å². The molecule has 1 nitrogen and oxygen atoms in total. The van der Waals surface area contributed by atoms with Crippen LogP contribution >= 0.6 is 23.4 Å². The van der Waals surface area contributed by atoms with Gasteiger partial charge in [0, 0.05) is 16.7 Å². The molecule has 15 heavy (non-hydrogen) atoms. The van der Waals surface area contributed by atoms with Gasteiger partial charge in [0.2, 0.25) is 0 Å². The highest BCUT2D eigenvalue weighted by Gasteiger charge is 2.08. The van der Waals surface area contributed by atoms with Crippen molar-refractivity contribution in [2.45, 2.75) is 17.9 Å². The first-order valence-electron chi connectivity index (χ1n) is 4.85. The molecule has 0 fully saturated rings. The lowest BCUT2D eigenvalue weighted by molar-refractivity contribution is 0.703. The average molecular weight is 242 g/mol. The molecule has 0 radical (unpaired) electrons. The summed E-state index contributed by atoms with van der Waals surface area (Å²) in [7, 11) is 1.95. The molecule has 1 unspecified atom stereocenters. The number of benzene rings is 1. The molecule has 3 heteroatoms. The van der Waals surface area contributed by atoms with E-state index in [1.54, 1.807) is 11.8 Å². The molecule has 0 aromatic heterocycles. The summed E-state index contributed by atoms with van der Waals surface area (Å²) in [5.74, 6) is 0.954. The average Bonchev–Trinajstić information content (AvgIpc) is 2.21. The van der Waals surface area contributed by atoms with Crippen LogP contribution in [0.4, 0.5) is 0 Å². The monoisotopic (exact) mass is 241 g/mol. The maximum absolute atomic E-state index is 6.07. The zero-order chi connectivity index (χ0) is 11.3. The van der Waals surface area contributed by atoms with Crippen LogP contribution in [0.5, 0.6) is 0 Å². The molecule has 1 aromatic rings. The molecule has 1 atom stereocenters. The fourth-order valence-corrected chi connectivity index (χ4v) is 2.68. The van der Waals surface area contributed by atoms with Gasteiger partial charge in [-0.25, -0.2) is 0 Å². The fraction of sp³-hybridized carbons (Fsp3) is 0.333. The Kier molecular flexibility index (Phi) is 5.23. The first kappa shape index (κ1) is 12.6. The molecule has 0 bridgehead atoms. The molecular formula is C12H16ClNS. The van der Waals surface area contributed by atoms with E-state index >= 15 is 0 Å². The number of halogens is 1. The van der Waals surface area contributed by atoms with E-state index in [4.69, 9.17) is 11.6 Å². The van der Waals surface area contributed by atoms with Crippen LogP contribution in [0.25, 0.3) is 0 Å². The Labute approximate surface area is 101 Å². The summed E-state index contributed by atoms with van der Waals surface area (Å²) in [6.07, 6.45) is 0. The molecule has 0 aliphatic heterocycles. The zero-order valence-electron chi connectivity index (χ0n) is 9.09. The van der Waals surface area contributed by atoms with E-state index < -0.39 is 0 Å². The van der Waals surface area contributed by atoms with Crippen LogP contribution in [0.3, 0.4) is 0 Å². The van der Waals surface area contributed by atoms with E-state index in [9.17, 15) is 0 Å². The van der Waals surface area contributed by atoms with Gasteiger partial charge in [-0.15, -0.1) is 11.8 Å². The van der Waals surface area contributed by atoms with Gasteiger partial charge < -0.3 is 5.32 Å². The van der Waals surface area contributed by atoms with Crippen LogP contribution in [0.1, 0.15) is 6.92 Å². The van der Waals surface area contributed by atoms with Crippen molar-refractivity contribution >= 4 is 23.4 Å². The Balaban J connectivity index is 2.56. The smallest absolute Gasteiger partial charge is 0.0541 e. The van der Waals surface area contributed by atoms with Gasteiger partial charge in [-0.1, -0.05) is 35.9 Å². The predicted molar refractivity (Wildman–Crippen MR) is 69.8 cm³/mol. The van der Waals surface area contributed by atoms with Gasteiger partial charge in [0.1, 0.15) is 0 Å². The Bertz CT molecular complexity index is 338. The quantitative estimate of drug-likeness (QED) is 0.625. The maximum Gasteiger partial charge on any atom is 0.0541 e. The molecule has 0 aliphatic carbocycles. The van der Waals surface area contributed by atoms with Crippen LogP contribution in [0.2, 0.25) is 5.02 Å². The highest BCUT2D eigenvalue weighted by atomic mass is 35.5. The lowest BCUT2D eigenvalue weighted by Gasteiger charge is -2.15. The minimum absolute atomic E-state index is 0.339. The molecule has 1 rings (SSSR count). The summed E-state index contributed by atoms with van der Waals surface area (Å²) in [6, 6.07) is 8.24. The van der Waals surface area contributed by atoms with Crippen LogP contribution in [-0.2, 0) is 0 Å². The van der Waals surface area contributed by atoms with Crippen LogP contribution in [0.15, 0.2) is 41.3 Å². The third kappa shape index (κ3) is 3.90. The van der Waals surface area contributed by atoms with Crippen molar-refractivity contribution in [2.75, 3.05) is 12.8 Å². The predicted octanol–water partition coefficient (Wildman–Crippen LogP) is 3.60. The molecule has 0 saturated heterocycles. The second-order valence-electron chi connectivity index (χ2n) is 3.43. The van der Waals surface area contributed by atoms with Gasteiger partial charge in [-0.3, -0.25) is 0 Å². The number of likely N-dealkylation sites (N-methyl/N-ethyl adjacent to an activating group) is 1. The van der Waals surface area contributed by atoms with Gasteiger partial charge >= 0.3 is 0 Å². The Morgan fingerprint density at radius 2 is 2.20 bits per heavy atom. The summed E-state index contributed by atoms with van der Waals surface area (Å²) in [5, 5.41) is 4.05. The summed E-state index contributed by atoms with van der Waals surface area (Å²) >= 11 is 7.82. The number of hydrogen-bond acceptors (Lipinski definition) is 2. The highest BCUT2D eigenvalue weighted by Crippen LogP contribution is 2.27. The third-order valence-corrected chi connectivity index (χ3v) is 3.79. The molecule has 0 aliphatic rings. The number of nitrogens with one attached hydrogen (secondary N) is 1. The lowest BCUT2D eigenvalue weighted by atomic mass is 10.2. The Morgan fingerprint density at radius 3 is 2.73 bits per heavy atom. The van der Waals surface area contributed by atoms with Crippen molar-refractivity contribution in [3.8, 4) is 0 Å². The van der Waals surface area contributed by atoms with Gasteiger partial charge in [-0.05, 0) is 26.1 Å². The summed E-state index contributed by atoms with van der Waals surface area (Å²) in [6.45, 7) is 5.99. The first-order chi connectivity index (χ1) is 7.15. The molecule has 0 saturated carbocycles. The molecular weight excluding hydrogens is 226 g/mol. The van der Waals surface area contributed by atoms with E-state index in [1.807, 2.05) is 38.2 Å². The number of hydrogen-bond donors (Lipinski definition) is 1. The minimum atomic E-state index is 0.339. The summed E-state index contributed by atoms with van der Waals surface area (Å²) in [5.41, 5.74) is 1.15. The SMILES string of the molecule is C=C(C)C(CSc1ccccc1Cl)NC. The van der Waals surface area contributed by atoms with Crippen molar-refractivity contribution in [1.29, 1.82) is 0 Å². The second kappa shape index (κ2) is 6.21.